The summed E-state index contributed by atoms with van der Waals surface area (Å²) in [5.41, 5.74) is -0.600. The Morgan fingerprint density at radius 2 is 1.57 bits per heavy atom. The van der Waals surface area contributed by atoms with Crippen molar-refractivity contribution >= 4 is 18.3 Å². The molecule has 2 unspecified atom stereocenters. The third-order valence-corrected chi connectivity index (χ3v) is 2.70. The van der Waals surface area contributed by atoms with Crippen LogP contribution in [-0.4, -0.2) is 63.3 Å². The molecule has 0 bridgehead atoms. The number of methoxy groups -OCH3 is 2. The standard InChI is InChI=1S/C12H19NO5.C2H6O.C2H6/c1-12(2,3)18-11(16)13-5-8(7-14)9(6-13)10(15)17-4;1-3-2;1-2/h7-9H,5-6H2,1-4H3;1-2H3;1-2H3. The second kappa shape index (κ2) is 11.9. The van der Waals surface area contributed by atoms with Crippen LogP contribution in [0.15, 0.2) is 0 Å². The summed E-state index contributed by atoms with van der Waals surface area (Å²) in [5.74, 6) is -1.59. The van der Waals surface area contributed by atoms with E-state index in [2.05, 4.69) is 9.47 Å². The van der Waals surface area contributed by atoms with E-state index in [0.717, 1.165) is 0 Å². The molecule has 0 aliphatic carbocycles. The molecular formula is C16H31NO6. The van der Waals surface area contributed by atoms with Crippen molar-refractivity contribution in [2.45, 2.75) is 40.2 Å². The Kier molecular flexibility index (Phi) is 12.2. The largest absolute Gasteiger partial charge is 0.469 e. The highest BCUT2D eigenvalue weighted by Gasteiger charge is 2.41. The lowest BCUT2D eigenvalue weighted by atomic mass is 9.98. The van der Waals surface area contributed by atoms with Crippen molar-refractivity contribution in [3.05, 3.63) is 0 Å². The Bertz CT molecular complexity index is 364. The Labute approximate surface area is 139 Å². The zero-order chi connectivity index (χ0) is 18.6. The Hall–Kier alpha value is -1.63. The second-order valence-corrected chi connectivity index (χ2v) is 5.72. The molecular weight excluding hydrogens is 302 g/mol. The van der Waals surface area contributed by atoms with E-state index in [4.69, 9.17) is 4.74 Å². The van der Waals surface area contributed by atoms with Crippen LogP contribution >= 0.6 is 0 Å². The van der Waals surface area contributed by atoms with Gasteiger partial charge >= 0.3 is 12.1 Å². The van der Waals surface area contributed by atoms with Crippen LogP contribution in [-0.2, 0) is 23.8 Å². The first-order chi connectivity index (χ1) is 10.7. The predicted octanol–water partition coefficient (Wildman–Crippen LogP) is 2.13. The lowest BCUT2D eigenvalue weighted by Gasteiger charge is -2.24. The number of hydrogen-bond acceptors (Lipinski definition) is 6. The summed E-state index contributed by atoms with van der Waals surface area (Å²) >= 11 is 0. The summed E-state index contributed by atoms with van der Waals surface area (Å²) in [5, 5.41) is 0. The van der Waals surface area contributed by atoms with Crippen LogP contribution in [0.5, 0.6) is 0 Å². The molecule has 1 fully saturated rings. The minimum absolute atomic E-state index is 0.158. The second-order valence-electron chi connectivity index (χ2n) is 5.72. The fourth-order valence-corrected chi connectivity index (χ4v) is 1.84. The van der Waals surface area contributed by atoms with Crippen LogP contribution in [0, 0.1) is 11.8 Å². The average molecular weight is 333 g/mol. The molecule has 1 aliphatic heterocycles. The molecule has 1 amide bonds. The maximum Gasteiger partial charge on any atom is 0.410 e. The van der Waals surface area contributed by atoms with E-state index in [0.29, 0.717) is 6.29 Å². The first-order valence-electron chi connectivity index (χ1n) is 7.61. The molecule has 1 aliphatic rings. The molecule has 1 saturated heterocycles. The minimum Gasteiger partial charge on any atom is -0.469 e. The number of amides is 1. The lowest BCUT2D eigenvalue weighted by molar-refractivity contribution is -0.147. The van der Waals surface area contributed by atoms with Gasteiger partial charge in [0.2, 0.25) is 0 Å². The van der Waals surface area contributed by atoms with Crippen molar-refractivity contribution in [3.8, 4) is 0 Å². The molecule has 0 spiro atoms. The molecule has 1 heterocycles. The van der Waals surface area contributed by atoms with Gasteiger partial charge in [0.15, 0.2) is 0 Å². The van der Waals surface area contributed by atoms with E-state index in [-0.39, 0.29) is 13.1 Å². The molecule has 0 aromatic rings. The van der Waals surface area contributed by atoms with Gasteiger partial charge in [0.25, 0.3) is 0 Å². The van der Waals surface area contributed by atoms with Gasteiger partial charge < -0.3 is 23.9 Å². The summed E-state index contributed by atoms with van der Waals surface area (Å²) in [6, 6.07) is 0. The maximum atomic E-state index is 11.8. The van der Waals surface area contributed by atoms with Crippen LogP contribution in [0.2, 0.25) is 0 Å². The van der Waals surface area contributed by atoms with Crippen LogP contribution in [0.25, 0.3) is 0 Å². The van der Waals surface area contributed by atoms with Gasteiger partial charge in [-0.1, -0.05) is 13.8 Å². The minimum atomic E-state index is -0.600. The fourth-order valence-electron chi connectivity index (χ4n) is 1.84. The summed E-state index contributed by atoms with van der Waals surface area (Å²) in [4.78, 5) is 35.6. The number of carbonyl (C=O) groups excluding carboxylic acids is 3. The molecule has 23 heavy (non-hydrogen) atoms. The smallest absolute Gasteiger partial charge is 0.410 e. The third kappa shape index (κ3) is 9.18. The number of ether oxygens (including phenoxy) is 3. The normalized spacial score (nSPS) is 19.6. The van der Waals surface area contributed by atoms with Crippen molar-refractivity contribution < 1.29 is 28.6 Å². The van der Waals surface area contributed by atoms with Crippen molar-refractivity contribution in [1.29, 1.82) is 0 Å². The summed E-state index contributed by atoms with van der Waals surface area (Å²) < 4.78 is 14.1. The molecule has 0 radical (unpaired) electrons. The predicted molar refractivity (Wildman–Crippen MR) is 87.1 cm³/mol. The summed E-state index contributed by atoms with van der Waals surface area (Å²) in [6.45, 7) is 9.63. The molecule has 0 aromatic heterocycles. The van der Waals surface area contributed by atoms with Crippen molar-refractivity contribution in [3.63, 3.8) is 0 Å². The van der Waals surface area contributed by atoms with E-state index in [1.807, 2.05) is 13.8 Å². The quantitative estimate of drug-likeness (QED) is 0.569. The summed E-state index contributed by atoms with van der Waals surface area (Å²) in [6.07, 6.45) is 0.173. The van der Waals surface area contributed by atoms with Gasteiger partial charge in [-0.2, -0.15) is 0 Å². The molecule has 136 valence electrons. The highest BCUT2D eigenvalue weighted by Crippen LogP contribution is 2.24. The molecule has 2 atom stereocenters. The number of esters is 1. The number of rotatable bonds is 2. The number of aldehydes is 1. The zero-order valence-corrected chi connectivity index (χ0v) is 15.5. The highest BCUT2D eigenvalue weighted by atomic mass is 16.6. The Morgan fingerprint density at radius 3 is 1.91 bits per heavy atom. The Morgan fingerprint density at radius 1 is 1.09 bits per heavy atom. The van der Waals surface area contributed by atoms with Gasteiger partial charge in [-0.15, -0.1) is 0 Å². The van der Waals surface area contributed by atoms with Gasteiger partial charge in [0.05, 0.1) is 13.0 Å². The summed E-state index contributed by atoms with van der Waals surface area (Å²) in [7, 11) is 4.51. The molecule has 0 aromatic carbocycles. The van der Waals surface area contributed by atoms with Crippen molar-refractivity contribution in [2.24, 2.45) is 11.8 Å². The van der Waals surface area contributed by atoms with E-state index in [1.54, 1.807) is 35.0 Å². The van der Waals surface area contributed by atoms with Gasteiger partial charge in [0.1, 0.15) is 11.9 Å². The highest BCUT2D eigenvalue weighted by molar-refractivity contribution is 5.80. The molecule has 7 heteroatoms. The number of carbonyl (C=O) groups is 3. The van der Waals surface area contributed by atoms with Gasteiger partial charge in [0, 0.05) is 33.2 Å². The maximum absolute atomic E-state index is 11.8. The lowest BCUT2D eigenvalue weighted by Crippen LogP contribution is -2.36. The SMILES string of the molecule is CC.COC.COC(=O)C1CN(C(=O)OC(C)(C)C)CC1C=O. The van der Waals surface area contributed by atoms with Crippen LogP contribution in [0.1, 0.15) is 34.6 Å². The van der Waals surface area contributed by atoms with E-state index in [9.17, 15) is 14.4 Å². The number of hydrogen-bond donors (Lipinski definition) is 0. The molecule has 7 nitrogen and oxygen atoms in total. The first-order valence-corrected chi connectivity index (χ1v) is 7.61. The zero-order valence-electron chi connectivity index (χ0n) is 15.5. The Balaban J connectivity index is 0. The van der Waals surface area contributed by atoms with Crippen molar-refractivity contribution in [2.75, 3.05) is 34.4 Å². The van der Waals surface area contributed by atoms with Gasteiger partial charge in [-0.3, -0.25) is 4.79 Å². The molecule has 0 N–H and O–H groups in total. The molecule has 0 saturated carbocycles. The van der Waals surface area contributed by atoms with Crippen LogP contribution in [0.3, 0.4) is 0 Å². The third-order valence-electron chi connectivity index (χ3n) is 2.70. The molecule has 1 rings (SSSR count). The average Bonchev–Trinajstić information content (AvgIpc) is 2.92. The van der Waals surface area contributed by atoms with Gasteiger partial charge in [-0.25, -0.2) is 4.79 Å². The van der Waals surface area contributed by atoms with E-state index >= 15 is 0 Å². The van der Waals surface area contributed by atoms with Crippen molar-refractivity contribution in [1.82, 2.24) is 4.90 Å². The fraction of sp³-hybridized carbons (Fsp3) is 0.812. The number of nitrogens with zero attached hydrogens (tertiary/aromatic N) is 1. The van der Waals surface area contributed by atoms with E-state index in [1.165, 1.54) is 12.0 Å². The van der Waals surface area contributed by atoms with E-state index < -0.39 is 29.5 Å². The van der Waals surface area contributed by atoms with Crippen LogP contribution in [0.4, 0.5) is 4.79 Å². The van der Waals surface area contributed by atoms with Crippen LogP contribution < -0.4 is 0 Å². The monoisotopic (exact) mass is 333 g/mol. The van der Waals surface area contributed by atoms with Gasteiger partial charge in [-0.05, 0) is 20.8 Å². The first kappa shape index (κ1) is 23.6. The topological polar surface area (TPSA) is 82.1 Å². The number of likely N-dealkylation sites (tertiary alicyclic amines) is 1.